The van der Waals surface area contributed by atoms with Gasteiger partial charge in [0.25, 0.3) is 11.8 Å². The number of esters is 1. The van der Waals surface area contributed by atoms with Gasteiger partial charge in [0.1, 0.15) is 5.00 Å². The number of nitrogens with zero attached hydrogens (tertiary/aromatic N) is 1. The van der Waals surface area contributed by atoms with Crippen molar-refractivity contribution in [1.82, 2.24) is 15.8 Å². The Morgan fingerprint density at radius 1 is 1.10 bits per heavy atom. The molecule has 10 heteroatoms. The number of carbonyl (C=O) groups is 3. The highest BCUT2D eigenvalue weighted by Gasteiger charge is 2.26. The van der Waals surface area contributed by atoms with Crippen molar-refractivity contribution in [3.63, 3.8) is 0 Å². The fraction of sp³-hybridized carbons (Fsp3) is 0.333. The van der Waals surface area contributed by atoms with Gasteiger partial charge < -0.3 is 15.0 Å². The first-order valence-corrected chi connectivity index (χ1v) is 10.7. The van der Waals surface area contributed by atoms with E-state index in [-0.39, 0.29) is 22.5 Å². The molecule has 0 atom stereocenters. The monoisotopic (exact) mass is 462 g/mol. The number of ether oxygens (including phenoxy) is 1. The van der Waals surface area contributed by atoms with Gasteiger partial charge in [-0.15, -0.1) is 11.3 Å². The number of carbonyl (C=O) groups excluding carboxylic acids is 3. The van der Waals surface area contributed by atoms with Crippen molar-refractivity contribution in [3.8, 4) is 0 Å². The van der Waals surface area contributed by atoms with Crippen LogP contribution in [0.25, 0.3) is 0 Å². The largest absolute Gasteiger partial charge is 0.465 e. The Kier molecular flexibility index (Phi) is 8.12. The molecule has 0 aliphatic rings. The summed E-state index contributed by atoms with van der Waals surface area (Å²) in [5.41, 5.74) is 7.45. The van der Waals surface area contributed by atoms with E-state index in [4.69, 9.17) is 17.0 Å². The number of hydrazine groups is 1. The number of thiophene rings is 1. The van der Waals surface area contributed by atoms with Crippen molar-refractivity contribution in [1.29, 1.82) is 0 Å². The lowest BCUT2D eigenvalue weighted by Crippen LogP contribution is -2.43. The van der Waals surface area contributed by atoms with Crippen LogP contribution in [0.1, 0.15) is 61.3 Å². The minimum atomic E-state index is -0.592. The molecule has 31 heavy (non-hydrogen) atoms. The van der Waals surface area contributed by atoms with Gasteiger partial charge in [0.05, 0.1) is 17.6 Å². The molecule has 166 valence electrons. The Morgan fingerprint density at radius 3 is 2.23 bits per heavy atom. The van der Waals surface area contributed by atoms with E-state index in [1.807, 2.05) is 12.1 Å². The number of hydrogen-bond donors (Lipinski definition) is 3. The maximum atomic E-state index is 12.4. The van der Waals surface area contributed by atoms with Crippen LogP contribution in [0.15, 0.2) is 24.3 Å². The van der Waals surface area contributed by atoms with E-state index in [2.05, 4.69) is 30.0 Å². The Morgan fingerprint density at radius 2 is 1.71 bits per heavy atom. The zero-order chi connectivity index (χ0) is 23.3. The number of anilines is 1. The molecule has 0 aliphatic heterocycles. The van der Waals surface area contributed by atoms with Crippen LogP contribution >= 0.6 is 23.6 Å². The number of rotatable bonds is 5. The van der Waals surface area contributed by atoms with E-state index >= 15 is 0 Å². The molecule has 0 unspecified atom stereocenters. The van der Waals surface area contributed by atoms with E-state index in [1.54, 1.807) is 33.2 Å². The molecule has 0 aliphatic carbocycles. The number of methoxy groups -OCH3 is 1. The van der Waals surface area contributed by atoms with Gasteiger partial charge in [0.15, 0.2) is 5.11 Å². The average molecular weight is 463 g/mol. The summed E-state index contributed by atoms with van der Waals surface area (Å²) in [6, 6.07) is 7.27. The molecule has 0 saturated carbocycles. The molecule has 0 saturated heterocycles. The van der Waals surface area contributed by atoms with Crippen LogP contribution < -0.4 is 16.2 Å². The quantitative estimate of drug-likeness (QED) is 0.356. The second-order valence-corrected chi connectivity index (χ2v) is 8.69. The average Bonchev–Trinajstić information content (AvgIpc) is 3.06. The van der Waals surface area contributed by atoms with Gasteiger partial charge in [-0.05, 0) is 48.3 Å². The van der Waals surface area contributed by atoms with Crippen LogP contribution in [0.4, 0.5) is 5.00 Å². The van der Waals surface area contributed by atoms with E-state index in [1.165, 1.54) is 12.0 Å². The van der Waals surface area contributed by atoms with Gasteiger partial charge in [0.2, 0.25) is 0 Å². The van der Waals surface area contributed by atoms with Gasteiger partial charge in [-0.1, -0.05) is 26.0 Å². The van der Waals surface area contributed by atoms with Crippen LogP contribution in [0.5, 0.6) is 0 Å². The topological polar surface area (TPSA) is 99.8 Å². The van der Waals surface area contributed by atoms with Crippen LogP contribution in [-0.2, 0) is 4.74 Å². The summed E-state index contributed by atoms with van der Waals surface area (Å²) in [4.78, 5) is 38.8. The minimum Gasteiger partial charge on any atom is -0.465 e. The lowest BCUT2D eigenvalue weighted by Gasteiger charge is -2.12. The second-order valence-electron chi connectivity index (χ2n) is 7.26. The zero-order valence-electron chi connectivity index (χ0n) is 18.3. The molecule has 2 rings (SSSR count). The van der Waals surface area contributed by atoms with Crippen molar-refractivity contribution in [2.45, 2.75) is 26.7 Å². The minimum absolute atomic E-state index is 0.0578. The number of benzene rings is 1. The van der Waals surface area contributed by atoms with Crippen molar-refractivity contribution in [3.05, 3.63) is 51.4 Å². The van der Waals surface area contributed by atoms with E-state index < -0.39 is 5.97 Å². The summed E-state index contributed by atoms with van der Waals surface area (Å²) < 4.78 is 4.84. The molecule has 0 fully saturated rings. The fourth-order valence-electron chi connectivity index (χ4n) is 2.70. The summed E-state index contributed by atoms with van der Waals surface area (Å²) in [6.45, 7) is 5.82. The third kappa shape index (κ3) is 5.80. The smallest absolute Gasteiger partial charge is 0.341 e. The third-order valence-corrected chi connectivity index (χ3v) is 5.89. The fourth-order valence-corrected chi connectivity index (χ4v) is 4.13. The highest BCUT2D eigenvalue weighted by Crippen LogP contribution is 2.34. The van der Waals surface area contributed by atoms with Crippen LogP contribution in [0.2, 0.25) is 0 Å². The van der Waals surface area contributed by atoms with Crippen LogP contribution in [0.3, 0.4) is 0 Å². The van der Waals surface area contributed by atoms with Crippen LogP contribution in [0, 0.1) is 6.92 Å². The third-order valence-electron chi connectivity index (χ3n) is 4.49. The summed E-state index contributed by atoms with van der Waals surface area (Å²) in [5.74, 6) is -0.822. The molecule has 0 bridgehead atoms. The SMILES string of the molecule is COC(=O)c1c(NC(=S)NNC(=O)c2ccc(C(C)C)cc2)sc(C(=O)N(C)C)c1C. The molecule has 2 aromatic rings. The first kappa shape index (κ1) is 24.3. The summed E-state index contributed by atoms with van der Waals surface area (Å²) >= 11 is 6.32. The molecular weight excluding hydrogens is 436 g/mol. The number of nitrogens with one attached hydrogen (secondary N) is 3. The second kappa shape index (κ2) is 10.4. The molecule has 1 aromatic heterocycles. The number of hydrogen-bond acceptors (Lipinski definition) is 6. The Bertz CT molecular complexity index is 998. The molecule has 1 aromatic carbocycles. The van der Waals surface area contributed by atoms with Crippen molar-refractivity contribution in [2.75, 3.05) is 26.5 Å². The molecule has 3 N–H and O–H groups in total. The maximum Gasteiger partial charge on any atom is 0.341 e. The number of thiocarbonyl (C=S) groups is 1. The summed E-state index contributed by atoms with van der Waals surface area (Å²) in [6.07, 6.45) is 0. The van der Waals surface area contributed by atoms with Crippen molar-refractivity contribution >= 4 is 51.5 Å². The summed E-state index contributed by atoms with van der Waals surface area (Å²) in [5, 5.41) is 3.27. The molecular formula is C21H26N4O4S2. The van der Waals surface area contributed by atoms with Crippen molar-refractivity contribution < 1.29 is 19.1 Å². The Balaban J connectivity index is 2.12. The lowest BCUT2D eigenvalue weighted by molar-refractivity contribution is 0.0601. The predicted octanol–water partition coefficient (Wildman–Crippen LogP) is 3.30. The predicted molar refractivity (Wildman–Crippen MR) is 126 cm³/mol. The maximum absolute atomic E-state index is 12.4. The number of amides is 2. The molecule has 1 heterocycles. The van der Waals surface area contributed by atoms with Gasteiger partial charge in [-0.3, -0.25) is 20.4 Å². The van der Waals surface area contributed by atoms with E-state index in [9.17, 15) is 14.4 Å². The molecule has 0 radical (unpaired) electrons. The van der Waals surface area contributed by atoms with E-state index in [0.717, 1.165) is 16.9 Å². The lowest BCUT2D eigenvalue weighted by atomic mass is 10.0. The molecule has 0 spiro atoms. The van der Waals surface area contributed by atoms with Crippen molar-refractivity contribution in [2.24, 2.45) is 0 Å². The highest BCUT2D eigenvalue weighted by molar-refractivity contribution is 7.80. The standard InChI is InChI=1S/C21H26N4O4S2/c1-11(2)13-7-9-14(10-8-13)17(26)23-24-21(30)22-18-15(20(28)29-6)12(3)16(31-18)19(27)25(4)5/h7-11H,1-6H3,(H,23,26)(H2,22,24,30). The zero-order valence-corrected chi connectivity index (χ0v) is 19.9. The van der Waals surface area contributed by atoms with Gasteiger partial charge >= 0.3 is 5.97 Å². The van der Waals surface area contributed by atoms with E-state index in [0.29, 0.717) is 26.9 Å². The molecule has 2 amide bonds. The first-order chi connectivity index (χ1) is 14.6. The summed E-state index contributed by atoms with van der Waals surface area (Å²) in [7, 11) is 4.52. The van der Waals surface area contributed by atoms with Crippen LogP contribution in [-0.4, -0.2) is 49.0 Å². The first-order valence-electron chi connectivity index (χ1n) is 9.47. The Hall–Kier alpha value is -2.98. The van der Waals surface area contributed by atoms with Gasteiger partial charge in [0, 0.05) is 19.7 Å². The van der Waals surface area contributed by atoms with Gasteiger partial charge in [-0.25, -0.2) is 4.79 Å². The normalized spacial score (nSPS) is 10.4. The highest BCUT2D eigenvalue weighted by atomic mass is 32.1. The molecule has 8 nitrogen and oxygen atoms in total. The van der Waals surface area contributed by atoms with Gasteiger partial charge in [-0.2, -0.15) is 0 Å². The Labute approximate surface area is 190 Å².